The smallest absolute Gasteiger partial charge is 0.433 e. The Morgan fingerprint density at radius 3 is 2.39 bits per heavy atom. The lowest BCUT2D eigenvalue weighted by atomic mass is 10.1. The zero-order chi connectivity index (χ0) is 14.1. The number of likely N-dealkylation sites (N-methyl/N-ethyl adjacent to an activating group) is 1. The average molecular weight is 263 g/mol. The second-order valence-electron chi connectivity index (χ2n) is 4.16. The molecule has 0 fully saturated rings. The van der Waals surface area contributed by atoms with Crippen LogP contribution in [0.2, 0.25) is 0 Å². The molecule has 0 unspecified atom stereocenters. The van der Waals surface area contributed by atoms with Crippen LogP contribution in [0.4, 0.5) is 19.1 Å². The quantitative estimate of drug-likeness (QED) is 0.900. The van der Waals surface area contributed by atoms with Crippen LogP contribution in [-0.4, -0.2) is 33.6 Å². The Morgan fingerprint density at radius 1 is 1.39 bits per heavy atom. The summed E-state index contributed by atoms with van der Waals surface area (Å²) < 4.78 is 37.4. The molecular formula is C10H12F3N3O2. The maximum absolute atomic E-state index is 12.5. The van der Waals surface area contributed by atoms with Crippen LogP contribution in [0.5, 0.6) is 0 Å². The first kappa shape index (κ1) is 14.2. The lowest BCUT2D eigenvalue weighted by Crippen LogP contribution is -2.49. The van der Waals surface area contributed by atoms with Crippen molar-refractivity contribution in [3.63, 3.8) is 0 Å². The molecular weight excluding hydrogens is 251 g/mol. The first-order valence-electron chi connectivity index (χ1n) is 4.94. The monoisotopic (exact) mass is 263 g/mol. The van der Waals surface area contributed by atoms with Gasteiger partial charge in [0.25, 0.3) is 0 Å². The molecule has 0 saturated carbocycles. The minimum atomic E-state index is -4.59. The van der Waals surface area contributed by atoms with Crippen LogP contribution >= 0.6 is 0 Å². The number of hydrogen-bond donors (Lipinski definition) is 1. The van der Waals surface area contributed by atoms with Gasteiger partial charge in [-0.3, -0.25) is 0 Å². The van der Waals surface area contributed by atoms with Gasteiger partial charge in [0.15, 0.2) is 0 Å². The highest BCUT2D eigenvalue weighted by Gasteiger charge is 2.36. The van der Waals surface area contributed by atoms with Gasteiger partial charge in [0.05, 0.1) is 0 Å². The zero-order valence-corrected chi connectivity index (χ0v) is 9.99. The predicted octanol–water partition coefficient (Wildman–Crippen LogP) is 1.79. The number of carboxylic acid groups (broad SMARTS) is 1. The molecule has 100 valence electrons. The lowest BCUT2D eigenvalue weighted by molar-refractivity contribution is -0.142. The number of hydrogen-bond acceptors (Lipinski definition) is 4. The molecule has 1 rings (SSSR count). The van der Waals surface area contributed by atoms with Gasteiger partial charge in [-0.1, -0.05) is 0 Å². The van der Waals surface area contributed by atoms with E-state index in [1.807, 2.05) is 0 Å². The first-order chi connectivity index (χ1) is 8.06. The van der Waals surface area contributed by atoms with Gasteiger partial charge < -0.3 is 10.0 Å². The first-order valence-corrected chi connectivity index (χ1v) is 4.94. The highest BCUT2D eigenvalue weighted by molar-refractivity contribution is 5.81. The molecule has 1 N–H and O–H groups in total. The largest absolute Gasteiger partial charge is 0.480 e. The fraction of sp³-hybridized carbons (Fsp3) is 0.500. The van der Waals surface area contributed by atoms with E-state index in [2.05, 4.69) is 9.97 Å². The Kier molecular flexibility index (Phi) is 3.50. The molecule has 18 heavy (non-hydrogen) atoms. The van der Waals surface area contributed by atoms with Crippen molar-refractivity contribution < 1.29 is 23.1 Å². The number of aliphatic carboxylic acids is 1. The second-order valence-corrected chi connectivity index (χ2v) is 4.16. The van der Waals surface area contributed by atoms with Crippen LogP contribution in [0.3, 0.4) is 0 Å². The Balaban J connectivity index is 3.16. The van der Waals surface area contributed by atoms with Crippen molar-refractivity contribution in [1.82, 2.24) is 9.97 Å². The number of alkyl halides is 3. The van der Waals surface area contributed by atoms with Gasteiger partial charge in [-0.05, 0) is 19.9 Å². The van der Waals surface area contributed by atoms with Crippen molar-refractivity contribution in [2.45, 2.75) is 25.6 Å². The number of nitrogens with zero attached hydrogens (tertiary/aromatic N) is 3. The van der Waals surface area contributed by atoms with Crippen LogP contribution in [-0.2, 0) is 11.0 Å². The molecule has 0 atom stereocenters. The van der Waals surface area contributed by atoms with E-state index >= 15 is 0 Å². The fourth-order valence-corrected chi connectivity index (χ4v) is 1.06. The third kappa shape index (κ3) is 2.69. The predicted molar refractivity (Wildman–Crippen MR) is 57.2 cm³/mol. The summed E-state index contributed by atoms with van der Waals surface area (Å²) >= 11 is 0. The summed E-state index contributed by atoms with van der Waals surface area (Å²) in [5, 5.41) is 8.98. The van der Waals surface area contributed by atoms with E-state index in [1.165, 1.54) is 20.9 Å². The number of anilines is 1. The van der Waals surface area contributed by atoms with Gasteiger partial charge in [0.1, 0.15) is 11.2 Å². The Bertz CT molecular complexity index is 460. The zero-order valence-electron chi connectivity index (χ0n) is 9.99. The van der Waals surface area contributed by atoms with Gasteiger partial charge in [0, 0.05) is 13.2 Å². The number of rotatable bonds is 3. The molecule has 1 aromatic rings. The SMILES string of the molecule is CN(c1nccc(C(F)(F)F)n1)C(C)(C)C(=O)O. The van der Waals surface area contributed by atoms with Crippen molar-refractivity contribution in [3.05, 3.63) is 18.0 Å². The third-order valence-corrected chi connectivity index (χ3v) is 2.60. The van der Waals surface area contributed by atoms with Crippen LogP contribution in [0.15, 0.2) is 12.3 Å². The fourth-order valence-electron chi connectivity index (χ4n) is 1.06. The van der Waals surface area contributed by atoms with E-state index in [1.54, 1.807) is 0 Å². The number of aromatic nitrogens is 2. The Labute approximate surface area is 101 Å². The molecule has 0 aliphatic heterocycles. The Morgan fingerprint density at radius 2 is 1.94 bits per heavy atom. The molecule has 8 heteroatoms. The summed E-state index contributed by atoms with van der Waals surface area (Å²) in [6, 6.07) is 0.727. The standard InChI is InChI=1S/C10H12F3N3O2/c1-9(2,7(17)18)16(3)8-14-5-4-6(15-8)10(11,12)13/h4-5H,1-3H3,(H,17,18). The summed E-state index contributed by atoms with van der Waals surface area (Å²) in [5.74, 6) is -1.48. The van der Waals surface area contributed by atoms with E-state index < -0.39 is 23.4 Å². The van der Waals surface area contributed by atoms with Crippen LogP contribution in [0.25, 0.3) is 0 Å². The number of halogens is 3. The van der Waals surface area contributed by atoms with Gasteiger partial charge in [0.2, 0.25) is 5.95 Å². The highest BCUT2D eigenvalue weighted by atomic mass is 19.4. The van der Waals surface area contributed by atoms with Crippen LogP contribution < -0.4 is 4.90 Å². The summed E-state index contributed by atoms with van der Waals surface area (Å²) in [6.45, 7) is 2.69. The molecule has 0 amide bonds. The molecule has 0 spiro atoms. The van der Waals surface area contributed by atoms with Crippen LogP contribution in [0.1, 0.15) is 19.5 Å². The van der Waals surface area contributed by atoms with Crippen LogP contribution in [0, 0.1) is 0 Å². The molecule has 1 heterocycles. The van der Waals surface area contributed by atoms with Crippen molar-refractivity contribution in [1.29, 1.82) is 0 Å². The minimum absolute atomic E-state index is 0.294. The van der Waals surface area contributed by atoms with Gasteiger partial charge in [-0.15, -0.1) is 0 Å². The van der Waals surface area contributed by atoms with E-state index in [9.17, 15) is 18.0 Å². The molecule has 0 aromatic carbocycles. The van der Waals surface area contributed by atoms with E-state index in [0.717, 1.165) is 17.2 Å². The van der Waals surface area contributed by atoms with Gasteiger partial charge in [-0.2, -0.15) is 13.2 Å². The number of carboxylic acids is 1. The summed E-state index contributed by atoms with van der Waals surface area (Å²) in [6.07, 6.45) is -3.65. The molecule has 1 aromatic heterocycles. The topological polar surface area (TPSA) is 66.3 Å². The van der Waals surface area contributed by atoms with E-state index in [0.29, 0.717) is 0 Å². The lowest BCUT2D eigenvalue weighted by Gasteiger charge is -2.31. The van der Waals surface area contributed by atoms with Gasteiger partial charge >= 0.3 is 12.1 Å². The normalized spacial score (nSPS) is 12.3. The molecule has 0 aliphatic rings. The van der Waals surface area contributed by atoms with Gasteiger partial charge in [-0.25, -0.2) is 14.8 Å². The highest BCUT2D eigenvalue weighted by Crippen LogP contribution is 2.29. The third-order valence-electron chi connectivity index (χ3n) is 2.60. The molecule has 0 saturated heterocycles. The molecule has 5 nitrogen and oxygen atoms in total. The van der Waals surface area contributed by atoms with Crippen molar-refractivity contribution in [2.75, 3.05) is 11.9 Å². The second kappa shape index (κ2) is 4.43. The Hall–Kier alpha value is -1.86. The maximum Gasteiger partial charge on any atom is 0.433 e. The molecule has 0 bridgehead atoms. The van der Waals surface area contributed by atoms with Crippen molar-refractivity contribution in [2.24, 2.45) is 0 Å². The molecule has 0 radical (unpaired) electrons. The minimum Gasteiger partial charge on any atom is -0.480 e. The molecule has 0 aliphatic carbocycles. The summed E-state index contributed by atoms with van der Waals surface area (Å²) in [4.78, 5) is 19.0. The van der Waals surface area contributed by atoms with E-state index in [-0.39, 0.29) is 5.95 Å². The summed E-state index contributed by atoms with van der Waals surface area (Å²) in [5.41, 5.74) is -2.52. The number of carbonyl (C=O) groups is 1. The average Bonchev–Trinajstić information content (AvgIpc) is 2.26. The van der Waals surface area contributed by atoms with Crippen molar-refractivity contribution >= 4 is 11.9 Å². The maximum atomic E-state index is 12.5. The summed E-state index contributed by atoms with van der Waals surface area (Å²) in [7, 11) is 1.32. The van der Waals surface area contributed by atoms with E-state index in [4.69, 9.17) is 5.11 Å². The van der Waals surface area contributed by atoms with Crippen molar-refractivity contribution in [3.8, 4) is 0 Å².